The molecule has 1 heterocycles. The predicted octanol–water partition coefficient (Wildman–Crippen LogP) is 1.26. The molecule has 10 heteroatoms. The van der Waals surface area contributed by atoms with E-state index in [2.05, 4.69) is 10.2 Å². The van der Waals surface area contributed by atoms with Crippen LogP contribution in [-0.2, 0) is 10.0 Å². The summed E-state index contributed by atoms with van der Waals surface area (Å²) in [5, 5.41) is 15.9. The number of non-ortho nitro benzene ring substituents is 1. The number of aromatic amines is 1. The van der Waals surface area contributed by atoms with Crippen LogP contribution in [0.3, 0.4) is 0 Å². The highest BCUT2D eigenvalue weighted by Gasteiger charge is 2.19. The number of nitrogens with zero attached hydrogens (tertiary/aromatic N) is 2. The topological polar surface area (TPSA) is 118 Å². The lowest BCUT2D eigenvalue weighted by atomic mass is 10.3. The third-order valence-electron chi connectivity index (χ3n) is 2.17. The summed E-state index contributed by atoms with van der Waals surface area (Å²) < 4.78 is 39.0. The number of sulfonamides is 1. The van der Waals surface area contributed by atoms with Gasteiger partial charge in [0.2, 0.25) is 0 Å². The van der Waals surface area contributed by atoms with Crippen LogP contribution < -0.4 is 4.72 Å². The molecule has 0 aliphatic heterocycles. The van der Waals surface area contributed by atoms with Gasteiger partial charge in [-0.2, -0.15) is 13.5 Å². The third kappa shape index (κ3) is 2.68. The van der Waals surface area contributed by atoms with E-state index in [0.717, 1.165) is 12.1 Å². The van der Waals surface area contributed by atoms with Gasteiger partial charge in [-0.1, -0.05) is 0 Å². The normalized spacial score (nSPS) is 11.2. The molecule has 100 valence electrons. The van der Waals surface area contributed by atoms with Crippen molar-refractivity contribution in [2.45, 2.75) is 5.03 Å². The Kier molecular flexibility index (Phi) is 3.17. The highest BCUT2D eigenvalue weighted by atomic mass is 32.2. The summed E-state index contributed by atoms with van der Waals surface area (Å²) in [6, 6.07) is 3.78. The van der Waals surface area contributed by atoms with Crippen molar-refractivity contribution in [3.8, 4) is 0 Å². The Bertz CT molecular complexity index is 714. The quantitative estimate of drug-likeness (QED) is 0.648. The lowest BCUT2D eigenvalue weighted by Gasteiger charge is -2.06. The van der Waals surface area contributed by atoms with Crippen LogP contribution in [0.25, 0.3) is 0 Å². The molecule has 0 fully saturated rings. The fraction of sp³-hybridized carbons (Fsp3) is 0. The Morgan fingerprint density at radius 1 is 1.37 bits per heavy atom. The molecule has 2 aromatic rings. The summed E-state index contributed by atoms with van der Waals surface area (Å²) in [7, 11) is -4.00. The number of aromatic nitrogens is 2. The molecule has 0 aliphatic carbocycles. The number of hydrogen-bond acceptors (Lipinski definition) is 5. The Labute approximate surface area is 106 Å². The van der Waals surface area contributed by atoms with Gasteiger partial charge in [0.1, 0.15) is 0 Å². The van der Waals surface area contributed by atoms with Gasteiger partial charge in [-0.3, -0.25) is 19.9 Å². The Morgan fingerprint density at radius 2 is 2.11 bits per heavy atom. The SMILES string of the molecule is O=[N+]([O-])c1ccc(NS(=O)(=O)c2ccn[nH]2)c(F)c1. The Balaban J connectivity index is 2.32. The zero-order chi connectivity index (χ0) is 14.0. The van der Waals surface area contributed by atoms with E-state index in [1.54, 1.807) is 0 Å². The first-order chi connectivity index (χ1) is 8.90. The van der Waals surface area contributed by atoms with Crippen molar-refractivity contribution in [3.63, 3.8) is 0 Å². The monoisotopic (exact) mass is 286 g/mol. The molecule has 0 unspecified atom stereocenters. The maximum Gasteiger partial charge on any atom is 0.278 e. The Hall–Kier alpha value is -2.49. The summed E-state index contributed by atoms with van der Waals surface area (Å²) in [5.74, 6) is -1.04. The molecule has 0 amide bonds. The molecule has 2 rings (SSSR count). The predicted molar refractivity (Wildman–Crippen MR) is 62.5 cm³/mol. The van der Waals surface area contributed by atoms with Crippen molar-refractivity contribution < 1.29 is 17.7 Å². The molecule has 19 heavy (non-hydrogen) atoms. The molecule has 0 radical (unpaired) electrons. The standard InChI is InChI=1S/C9H7FN4O4S/c10-7-5-6(14(15)16)1-2-8(7)13-19(17,18)9-3-4-11-12-9/h1-5,13H,(H,11,12). The van der Waals surface area contributed by atoms with E-state index in [9.17, 15) is 22.9 Å². The van der Waals surface area contributed by atoms with Gasteiger partial charge in [0.25, 0.3) is 15.7 Å². The van der Waals surface area contributed by atoms with Gasteiger partial charge in [-0.15, -0.1) is 0 Å². The molecule has 0 saturated carbocycles. The fourth-order valence-corrected chi connectivity index (χ4v) is 2.27. The molecule has 2 N–H and O–H groups in total. The average Bonchev–Trinajstić information content (AvgIpc) is 2.85. The van der Waals surface area contributed by atoms with Gasteiger partial charge in [0, 0.05) is 6.07 Å². The fourth-order valence-electron chi connectivity index (χ4n) is 1.29. The van der Waals surface area contributed by atoms with Crippen molar-refractivity contribution in [2.24, 2.45) is 0 Å². The highest BCUT2D eigenvalue weighted by molar-refractivity contribution is 7.92. The van der Waals surface area contributed by atoms with Crippen LogP contribution in [-0.4, -0.2) is 23.5 Å². The second-order valence-electron chi connectivity index (χ2n) is 3.45. The minimum Gasteiger partial charge on any atom is -0.275 e. The summed E-state index contributed by atoms with van der Waals surface area (Å²) in [6.45, 7) is 0. The maximum absolute atomic E-state index is 13.5. The van der Waals surface area contributed by atoms with Gasteiger partial charge in [0.05, 0.1) is 22.9 Å². The number of hydrogen-bond donors (Lipinski definition) is 2. The Morgan fingerprint density at radius 3 is 2.63 bits per heavy atom. The van der Waals surface area contributed by atoms with Crippen molar-refractivity contribution >= 4 is 21.4 Å². The van der Waals surface area contributed by atoms with E-state index in [4.69, 9.17) is 0 Å². The number of nitro groups is 1. The van der Waals surface area contributed by atoms with E-state index < -0.39 is 26.5 Å². The molecular formula is C9H7FN4O4S. The molecule has 0 saturated heterocycles. The highest BCUT2D eigenvalue weighted by Crippen LogP contribution is 2.22. The number of anilines is 1. The summed E-state index contributed by atoms with van der Waals surface area (Å²) in [6.07, 6.45) is 1.22. The van der Waals surface area contributed by atoms with Crippen molar-refractivity contribution in [1.82, 2.24) is 10.2 Å². The molecular weight excluding hydrogens is 279 g/mol. The number of benzene rings is 1. The van der Waals surface area contributed by atoms with E-state index in [-0.39, 0.29) is 10.7 Å². The van der Waals surface area contributed by atoms with Crippen LogP contribution in [0.1, 0.15) is 0 Å². The number of halogens is 1. The molecule has 1 aromatic heterocycles. The number of nitrogens with one attached hydrogen (secondary N) is 2. The van der Waals surface area contributed by atoms with Crippen LogP contribution in [0, 0.1) is 15.9 Å². The van der Waals surface area contributed by atoms with Gasteiger partial charge in [0.15, 0.2) is 10.8 Å². The lowest BCUT2D eigenvalue weighted by Crippen LogP contribution is -2.14. The third-order valence-corrected chi connectivity index (χ3v) is 3.47. The molecule has 0 atom stereocenters. The number of rotatable bonds is 4. The second kappa shape index (κ2) is 4.65. The van der Waals surface area contributed by atoms with E-state index in [0.29, 0.717) is 6.07 Å². The molecule has 8 nitrogen and oxygen atoms in total. The summed E-state index contributed by atoms with van der Waals surface area (Å²) >= 11 is 0. The van der Waals surface area contributed by atoms with Gasteiger partial charge < -0.3 is 0 Å². The van der Waals surface area contributed by atoms with E-state index in [1.165, 1.54) is 12.3 Å². The first-order valence-electron chi connectivity index (χ1n) is 4.86. The van der Waals surface area contributed by atoms with Crippen molar-refractivity contribution in [3.05, 3.63) is 46.4 Å². The van der Waals surface area contributed by atoms with Crippen molar-refractivity contribution in [1.29, 1.82) is 0 Å². The smallest absolute Gasteiger partial charge is 0.275 e. The summed E-state index contributed by atoms with van der Waals surface area (Å²) in [4.78, 5) is 9.64. The average molecular weight is 286 g/mol. The van der Waals surface area contributed by atoms with Crippen LogP contribution in [0.2, 0.25) is 0 Å². The number of H-pyrrole nitrogens is 1. The zero-order valence-electron chi connectivity index (χ0n) is 9.20. The molecule has 0 bridgehead atoms. The van der Waals surface area contributed by atoms with Crippen LogP contribution in [0.15, 0.2) is 35.5 Å². The van der Waals surface area contributed by atoms with E-state index in [1.807, 2.05) is 4.72 Å². The van der Waals surface area contributed by atoms with Crippen LogP contribution in [0.5, 0.6) is 0 Å². The minimum atomic E-state index is -4.00. The van der Waals surface area contributed by atoms with Crippen LogP contribution >= 0.6 is 0 Å². The molecule has 0 aliphatic rings. The summed E-state index contributed by atoms with van der Waals surface area (Å²) in [5.41, 5.74) is -0.859. The van der Waals surface area contributed by atoms with E-state index >= 15 is 0 Å². The van der Waals surface area contributed by atoms with Crippen molar-refractivity contribution in [2.75, 3.05) is 4.72 Å². The van der Waals surface area contributed by atoms with Crippen LogP contribution in [0.4, 0.5) is 15.8 Å². The molecule has 0 spiro atoms. The largest absolute Gasteiger partial charge is 0.278 e. The molecule has 1 aromatic carbocycles. The number of nitro benzene ring substituents is 1. The minimum absolute atomic E-state index is 0.245. The zero-order valence-corrected chi connectivity index (χ0v) is 10.0. The first-order valence-corrected chi connectivity index (χ1v) is 6.34. The van der Waals surface area contributed by atoms with Gasteiger partial charge in [-0.25, -0.2) is 4.39 Å². The maximum atomic E-state index is 13.5. The van der Waals surface area contributed by atoms with Gasteiger partial charge in [-0.05, 0) is 12.1 Å². The lowest BCUT2D eigenvalue weighted by molar-refractivity contribution is -0.385. The first kappa shape index (κ1) is 13.0. The van der Waals surface area contributed by atoms with Gasteiger partial charge >= 0.3 is 0 Å². The second-order valence-corrected chi connectivity index (χ2v) is 5.10.